The minimum Gasteiger partial charge on any atom is -0.324 e. The predicted molar refractivity (Wildman–Crippen MR) is 121 cm³/mol. The Morgan fingerprint density at radius 3 is 2.50 bits per heavy atom. The fourth-order valence-electron chi connectivity index (χ4n) is 3.36. The van der Waals surface area contributed by atoms with Gasteiger partial charge in [0.1, 0.15) is 16.6 Å². The fraction of sp³-hybridized carbons (Fsp3) is 0.364. The highest BCUT2D eigenvalue weighted by atomic mass is 15.4. The van der Waals surface area contributed by atoms with Crippen LogP contribution in [-0.4, -0.2) is 50.6 Å². The average Bonchev–Trinajstić information content (AvgIpc) is 3.17. The zero-order chi connectivity index (χ0) is 21.3. The minimum atomic E-state index is 0.197. The summed E-state index contributed by atoms with van der Waals surface area (Å²) < 4.78 is 1.91. The molecule has 2 aromatic heterocycles. The summed E-state index contributed by atoms with van der Waals surface area (Å²) in [7, 11) is 4.10. The number of hydrogen-bond donors (Lipinski definition) is 2. The van der Waals surface area contributed by atoms with Crippen molar-refractivity contribution in [1.82, 2.24) is 35.2 Å². The number of aromatic nitrogens is 5. The lowest BCUT2D eigenvalue weighted by molar-refractivity contribution is 0.346. The number of rotatable bonds is 7. The minimum absolute atomic E-state index is 0.197. The smallest absolute Gasteiger partial charge is 0.227 e. The summed E-state index contributed by atoms with van der Waals surface area (Å²) in [6.07, 6.45) is 1.84. The Labute approximate surface area is 176 Å². The quantitative estimate of drug-likeness (QED) is 0.452. The van der Waals surface area contributed by atoms with Gasteiger partial charge in [-0.05, 0) is 64.7 Å². The van der Waals surface area contributed by atoms with Crippen LogP contribution in [0.15, 0.2) is 42.6 Å². The first kappa shape index (κ1) is 20.2. The van der Waals surface area contributed by atoms with E-state index in [1.807, 2.05) is 37.1 Å². The van der Waals surface area contributed by atoms with Crippen molar-refractivity contribution in [3.05, 3.63) is 48.2 Å². The second-order valence-electron chi connectivity index (χ2n) is 8.10. The van der Waals surface area contributed by atoms with Gasteiger partial charge in [0, 0.05) is 36.0 Å². The normalized spacial score (nSPS) is 12.9. The van der Waals surface area contributed by atoms with Crippen LogP contribution in [0.4, 0.5) is 11.6 Å². The third-order valence-corrected chi connectivity index (χ3v) is 5.05. The lowest BCUT2D eigenvalue weighted by Crippen LogP contribution is -2.30. The van der Waals surface area contributed by atoms with Crippen LogP contribution in [0.25, 0.3) is 21.9 Å². The van der Waals surface area contributed by atoms with E-state index in [0.717, 1.165) is 34.3 Å². The van der Waals surface area contributed by atoms with E-state index in [2.05, 4.69) is 75.9 Å². The molecule has 8 nitrogen and oxygen atoms in total. The zero-order valence-corrected chi connectivity index (χ0v) is 18.1. The van der Waals surface area contributed by atoms with Crippen molar-refractivity contribution in [1.29, 1.82) is 0 Å². The van der Waals surface area contributed by atoms with Crippen molar-refractivity contribution in [2.45, 2.75) is 32.9 Å². The third-order valence-electron chi connectivity index (χ3n) is 5.05. The zero-order valence-electron chi connectivity index (χ0n) is 18.1. The maximum atomic E-state index is 4.78. The van der Waals surface area contributed by atoms with Crippen LogP contribution < -0.4 is 10.6 Å². The lowest BCUT2D eigenvalue weighted by atomic mass is 10.1. The summed E-state index contributed by atoms with van der Waals surface area (Å²) in [5.74, 6) is 0.554. The first-order chi connectivity index (χ1) is 14.4. The largest absolute Gasteiger partial charge is 0.324 e. The van der Waals surface area contributed by atoms with Crippen LogP contribution in [-0.2, 0) is 0 Å². The molecule has 0 radical (unpaired) electrons. The molecule has 1 atom stereocenters. The molecule has 0 aliphatic rings. The second-order valence-corrected chi connectivity index (χ2v) is 8.10. The van der Waals surface area contributed by atoms with Crippen LogP contribution in [0.3, 0.4) is 0 Å². The molecule has 4 aromatic rings. The molecule has 2 heterocycles. The highest BCUT2D eigenvalue weighted by molar-refractivity contribution is 6.01. The van der Waals surface area contributed by atoms with Gasteiger partial charge in [-0.15, -0.1) is 5.10 Å². The number of nitrogens with one attached hydrogen (secondary N) is 2. The Balaban J connectivity index is 1.59. The van der Waals surface area contributed by atoms with Crippen molar-refractivity contribution in [2.75, 3.05) is 26.1 Å². The van der Waals surface area contributed by atoms with E-state index in [-0.39, 0.29) is 12.1 Å². The average molecular weight is 405 g/mol. The summed E-state index contributed by atoms with van der Waals surface area (Å²) in [6, 6.07) is 12.8. The fourth-order valence-corrected chi connectivity index (χ4v) is 3.36. The molecule has 30 heavy (non-hydrogen) atoms. The molecule has 0 amide bonds. The third kappa shape index (κ3) is 4.10. The van der Waals surface area contributed by atoms with E-state index in [9.17, 15) is 0 Å². The number of fused-ring (bicyclic) bond motifs is 3. The molecule has 2 aromatic carbocycles. The molecule has 0 spiro atoms. The Bertz CT molecular complexity index is 1150. The van der Waals surface area contributed by atoms with Gasteiger partial charge in [-0.2, -0.15) is 0 Å². The van der Waals surface area contributed by atoms with E-state index in [4.69, 9.17) is 4.98 Å². The van der Waals surface area contributed by atoms with Crippen LogP contribution in [0.1, 0.15) is 38.4 Å². The molecule has 8 heteroatoms. The molecular formula is C22H28N8. The molecule has 0 aliphatic carbocycles. The number of benzene rings is 2. The summed E-state index contributed by atoms with van der Waals surface area (Å²) >= 11 is 0. The van der Waals surface area contributed by atoms with Crippen molar-refractivity contribution >= 4 is 33.6 Å². The second kappa shape index (κ2) is 8.33. The van der Waals surface area contributed by atoms with Gasteiger partial charge in [-0.3, -0.25) is 10.2 Å². The molecule has 4 rings (SSSR count). The Morgan fingerprint density at radius 2 is 1.80 bits per heavy atom. The van der Waals surface area contributed by atoms with Gasteiger partial charge in [0.25, 0.3) is 0 Å². The van der Waals surface area contributed by atoms with E-state index in [0.29, 0.717) is 5.95 Å². The van der Waals surface area contributed by atoms with Crippen LogP contribution >= 0.6 is 0 Å². The Hall–Kier alpha value is -3.10. The van der Waals surface area contributed by atoms with Gasteiger partial charge in [0.15, 0.2) is 0 Å². The lowest BCUT2D eigenvalue weighted by Gasteiger charge is -2.18. The first-order valence-corrected chi connectivity index (χ1v) is 10.2. The van der Waals surface area contributed by atoms with Gasteiger partial charge in [0.2, 0.25) is 5.95 Å². The van der Waals surface area contributed by atoms with E-state index < -0.39 is 0 Å². The van der Waals surface area contributed by atoms with Gasteiger partial charge in [0.05, 0.1) is 0 Å². The Kier molecular flexibility index (Phi) is 5.61. The standard InChI is InChI=1S/C22H28N8/c1-14(2)30-21-19(27-28-30)11-8-17-12-23-22(26-20(17)21)25-18-9-6-16(7-10-18)15(3)24-13-29(4)5/h6-12,14-15,24H,13H2,1-5H3,(H,23,25,26). The summed E-state index contributed by atoms with van der Waals surface area (Å²) in [4.78, 5) is 11.4. The van der Waals surface area contributed by atoms with Gasteiger partial charge >= 0.3 is 0 Å². The van der Waals surface area contributed by atoms with Crippen molar-refractivity contribution in [3.63, 3.8) is 0 Å². The van der Waals surface area contributed by atoms with Crippen molar-refractivity contribution in [3.8, 4) is 0 Å². The maximum absolute atomic E-state index is 4.78. The van der Waals surface area contributed by atoms with Gasteiger partial charge in [-0.1, -0.05) is 17.3 Å². The summed E-state index contributed by atoms with van der Waals surface area (Å²) in [5.41, 5.74) is 4.80. The van der Waals surface area contributed by atoms with E-state index >= 15 is 0 Å². The molecule has 2 N–H and O–H groups in total. The molecule has 0 fully saturated rings. The van der Waals surface area contributed by atoms with Crippen molar-refractivity contribution < 1.29 is 0 Å². The molecule has 1 unspecified atom stereocenters. The van der Waals surface area contributed by atoms with E-state index in [1.54, 1.807) is 0 Å². The molecular weight excluding hydrogens is 376 g/mol. The van der Waals surface area contributed by atoms with Crippen LogP contribution in [0, 0.1) is 0 Å². The highest BCUT2D eigenvalue weighted by Crippen LogP contribution is 2.26. The number of anilines is 2. The Morgan fingerprint density at radius 1 is 1.03 bits per heavy atom. The molecule has 0 saturated heterocycles. The summed E-state index contributed by atoms with van der Waals surface area (Å²) in [5, 5.41) is 16.3. The maximum Gasteiger partial charge on any atom is 0.227 e. The van der Waals surface area contributed by atoms with Crippen molar-refractivity contribution in [2.24, 2.45) is 0 Å². The topological polar surface area (TPSA) is 83.8 Å². The number of hydrogen-bond acceptors (Lipinski definition) is 7. The molecule has 156 valence electrons. The SMILES string of the molecule is CC(NCN(C)C)c1ccc(Nc2ncc3ccc4nnn(C(C)C)c4c3n2)cc1. The molecule has 0 aliphatic heterocycles. The van der Waals surface area contributed by atoms with Gasteiger partial charge < -0.3 is 5.32 Å². The number of nitrogens with zero attached hydrogens (tertiary/aromatic N) is 6. The molecule has 0 saturated carbocycles. The van der Waals surface area contributed by atoms with Crippen LogP contribution in [0.2, 0.25) is 0 Å². The predicted octanol–water partition coefficient (Wildman–Crippen LogP) is 3.87. The highest BCUT2D eigenvalue weighted by Gasteiger charge is 2.13. The molecule has 0 bridgehead atoms. The monoisotopic (exact) mass is 404 g/mol. The van der Waals surface area contributed by atoms with E-state index in [1.165, 1.54) is 5.56 Å². The summed E-state index contributed by atoms with van der Waals surface area (Å²) in [6.45, 7) is 7.17. The van der Waals surface area contributed by atoms with Gasteiger partial charge in [-0.25, -0.2) is 14.6 Å². The first-order valence-electron chi connectivity index (χ1n) is 10.2. The van der Waals surface area contributed by atoms with Crippen LogP contribution in [0.5, 0.6) is 0 Å².